The van der Waals surface area contributed by atoms with Crippen molar-refractivity contribution in [2.45, 2.75) is 20.5 Å². The number of esters is 1. The summed E-state index contributed by atoms with van der Waals surface area (Å²) in [7, 11) is 0. The van der Waals surface area contributed by atoms with E-state index in [1.165, 1.54) is 24.3 Å². The average Bonchev–Trinajstić information content (AvgIpc) is 2.58. The van der Waals surface area contributed by atoms with Crippen molar-refractivity contribution in [3.63, 3.8) is 0 Å². The molecule has 1 heterocycles. The van der Waals surface area contributed by atoms with Gasteiger partial charge in [0.2, 0.25) is 0 Å². The fourth-order valence-electron chi connectivity index (χ4n) is 2.54. The molecule has 128 valence electrons. The van der Waals surface area contributed by atoms with Gasteiger partial charge in [-0.2, -0.15) is 0 Å². The maximum Gasteiger partial charge on any atom is 0.338 e. The zero-order chi connectivity index (χ0) is 18.1. The van der Waals surface area contributed by atoms with Gasteiger partial charge in [-0.05, 0) is 43.2 Å². The molecule has 3 rings (SSSR count). The Morgan fingerprint density at radius 1 is 1.20 bits per heavy atom. The van der Waals surface area contributed by atoms with Crippen molar-refractivity contribution in [3.8, 4) is 0 Å². The second kappa shape index (κ2) is 6.61. The highest BCUT2D eigenvalue weighted by atomic mass is 35.5. The fraction of sp³-hybridized carbons (Fsp3) is 0.158. The first-order valence-electron chi connectivity index (χ1n) is 7.62. The third-order valence-corrected chi connectivity index (χ3v) is 4.45. The molecule has 25 heavy (non-hydrogen) atoms. The molecular weight excluding hydrogens is 342 g/mol. The van der Waals surface area contributed by atoms with E-state index in [-0.39, 0.29) is 6.61 Å². The summed E-state index contributed by atoms with van der Waals surface area (Å²) in [4.78, 5) is 24.0. The van der Waals surface area contributed by atoms with Crippen LogP contribution >= 0.6 is 11.6 Å². The van der Waals surface area contributed by atoms with Crippen LogP contribution < -0.4 is 11.4 Å². The van der Waals surface area contributed by atoms with Gasteiger partial charge in [0.25, 0.3) is 0 Å². The van der Waals surface area contributed by atoms with E-state index < -0.39 is 11.6 Å². The number of fused-ring (bicyclic) bond motifs is 1. The summed E-state index contributed by atoms with van der Waals surface area (Å²) >= 11 is 5.85. The maximum absolute atomic E-state index is 12.2. The molecule has 5 nitrogen and oxygen atoms in total. The average molecular weight is 358 g/mol. The quantitative estimate of drug-likeness (QED) is 0.435. The van der Waals surface area contributed by atoms with Gasteiger partial charge in [-0.3, -0.25) is 0 Å². The number of nitrogens with two attached hydrogens (primary N) is 1. The molecule has 3 aromatic rings. The van der Waals surface area contributed by atoms with E-state index in [4.69, 9.17) is 26.5 Å². The molecule has 0 saturated carbocycles. The van der Waals surface area contributed by atoms with Crippen molar-refractivity contribution in [1.82, 2.24) is 0 Å². The minimum Gasteiger partial charge on any atom is -0.457 e. The predicted octanol–water partition coefficient (Wildman–Crippen LogP) is 4.00. The topological polar surface area (TPSA) is 82.5 Å². The molecule has 0 spiro atoms. The highest BCUT2D eigenvalue weighted by molar-refractivity contribution is 6.33. The lowest BCUT2D eigenvalue weighted by atomic mass is 10.0. The van der Waals surface area contributed by atoms with E-state index >= 15 is 0 Å². The molecule has 0 atom stereocenters. The number of hydrogen-bond acceptors (Lipinski definition) is 5. The van der Waals surface area contributed by atoms with Gasteiger partial charge in [0.05, 0.1) is 16.3 Å². The van der Waals surface area contributed by atoms with E-state index in [0.717, 1.165) is 16.5 Å². The SMILES string of the molecule is Cc1ccc2c(COC(=O)c3ccc(Cl)c(N)c3)cc(=O)oc2c1C. The summed E-state index contributed by atoms with van der Waals surface area (Å²) in [5.41, 5.74) is 8.80. The van der Waals surface area contributed by atoms with Gasteiger partial charge in [0.1, 0.15) is 12.2 Å². The number of anilines is 1. The summed E-state index contributed by atoms with van der Waals surface area (Å²) in [6.45, 7) is 3.77. The highest BCUT2D eigenvalue weighted by Crippen LogP contribution is 2.24. The van der Waals surface area contributed by atoms with Crippen LogP contribution in [0.3, 0.4) is 0 Å². The summed E-state index contributed by atoms with van der Waals surface area (Å²) in [6, 6.07) is 9.64. The second-order valence-electron chi connectivity index (χ2n) is 5.79. The number of ether oxygens (including phenoxy) is 1. The summed E-state index contributed by atoms with van der Waals surface area (Å²) in [5, 5.41) is 1.11. The lowest BCUT2D eigenvalue weighted by molar-refractivity contribution is 0.0474. The zero-order valence-electron chi connectivity index (χ0n) is 13.8. The Bertz CT molecular complexity index is 1040. The monoisotopic (exact) mass is 357 g/mol. The van der Waals surface area contributed by atoms with Gasteiger partial charge in [-0.15, -0.1) is 0 Å². The van der Waals surface area contributed by atoms with E-state index in [0.29, 0.717) is 27.4 Å². The number of rotatable bonds is 3. The molecule has 0 unspecified atom stereocenters. The maximum atomic E-state index is 12.2. The van der Waals surface area contributed by atoms with Crippen molar-refractivity contribution in [2.75, 3.05) is 5.73 Å². The second-order valence-corrected chi connectivity index (χ2v) is 6.19. The van der Waals surface area contributed by atoms with Crippen LogP contribution in [0.15, 0.2) is 45.6 Å². The Morgan fingerprint density at radius 2 is 1.96 bits per heavy atom. The van der Waals surface area contributed by atoms with Crippen molar-refractivity contribution in [2.24, 2.45) is 0 Å². The normalized spacial score (nSPS) is 10.8. The Labute approximate surface area is 149 Å². The van der Waals surface area contributed by atoms with E-state index in [2.05, 4.69) is 0 Å². The van der Waals surface area contributed by atoms with Crippen molar-refractivity contribution in [1.29, 1.82) is 0 Å². The molecule has 0 aliphatic carbocycles. The summed E-state index contributed by atoms with van der Waals surface area (Å²) in [5.74, 6) is -0.548. The number of carbonyl (C=O) groups is 1. The molecule has 6 heteroatoms. The lowest BCUT2D eigenvalue weighted by Crippen LogP contribution is -2.09. The first kappa shape index (κ1) is 17.0. The number of hydrogen-bond donors (Lipinski definition) is 1. The number of nitrogen functional groups attached to an aromatic ring is 1. The minimum atomic E-state index is -0.548. The molecule has 0 radical (unpaired) electrons. The first-order valence-corrected chi connectivity index (χ1v) is 7.99. The van der Waals surface area contributed by atoms with Crippen LogP contribution in [0.25, 0.3) is 11.0 Å². The van der Waals surface area contributed by atoms with Crippen molar-refractivity contribution >= 4 is 34.2 Å². The lowest BCUT2D eigenvalue weighted by Gasteiger charge is -2.10. The highest BCUT2D eigenvalue weighted by Gasteiger charge is 2.13. The van der Waals surface area contributed by atoms with Crippen molar-refractivity contribution < 1.29 is 13.9 Å². The molecule has 0 aliphatic rings. The largest absolute Gasteiger partial charge is 0.457 e. The summed E-state index contributed by atoms with van der Waals surface area (Å²) < 4.78 is 10.6. The van der Waals surface area contributed by atoms with Crippen LogP contribution in [0.1, 0.15) is 27.0 Å². The number of aryl methyl sites for hydroxylation is 2. The Hall–Kier alpha value is -2.79. The predicted molar refractivity (Wildman–Crippen MR) is 96.9 cm³/mol. The molecule has 0 bridgehead atoms. The van der Waals surface area contributed by atoms with E-state index in [9.17, 15) is 9.59 Å². The van der Waals surface area contributed by atoms with Crippen LogP contribution in [0.2, 0.25) is 5.02 Å². The molecule has 2 N–H and O–H groups in total. The fourth-order valence-corrected chi connectivity index (χ4v) is 2.66. The van der Waals surface area contributed by atoms with Crippen LogP contribution in [-0.2, 0) is 11.3 Å². The third kappa shape index (κ3) is 3.37. The molecule has 0 aliphatic heterocycles. The molecule has 1 aromatic heterocycles. The molecule has 2 aromatic carbocycles. The first-order chi connectivity index (χ1) is 11.9. The van der Waals surface area contributed by atoms with Gasteiger partial charge >= 0.3 is 11.6 Å². The number of carbonyl (C=O) groups excluding carboxylic acids is 1. The van der Waals surface area contributed by atoms with Crippen LogP contribution in [0.5, 0.6) is 0 Å². The number of benzene rings is 2. The van der Waals surface area contributed by atoms with Crippen LogP contribution in [0.4, 0.5) is 5.69 Å². The Kier molecular flexibility index (Phi) is 4.51. The van der Waals surface area contributed by atoms with Crippen LogP contribution in [0, 0.1) is 13.8 Å². The van der Waals surface area contributed by atoms with Gasteiger partial charge in [-0.1, -0.05) is 23.7 Å². The van der Waals surface area contributed by atoms with Crippen LogP contribution in [-0.4, -0.2) is 5.97 Å². The molecule has 0 fully saturated rings. The number of halogens is 1. The van der Waals surface area contributed by atoms with E-state index in [1.807, 2.05) is 26.0 Å². The molecular formula is C19H16ClNO4. The van der Waals surface area contributed by atoms with Crippen molar-refractivity contribution in [3.05, 3.63) is 74.1 Å². The Balaban J connectivity index is 1.90. The smallest absolute Gasteiger partial charge is 0.338 e. The minimum absolute atomic E-state index is 0.0496. The van der Waals surface area contributed by atoms with Gasteiger partial charge in [0.15, 0.2) is 0 Å². The standard InChI is InChI=1S/C19H16ClNO4/c1-10-3-5-14-13(8-17(22)25-18(14)11(10)2)9-24-19(23)12-4-6-15(20)16(21)7-12/h3-8H,9,21H2,1-2H3. The van der Waals surface area contributed by atoms with Gasteiger partial charge in [-0.25, -0.2) is 9.59 Å². The molecule has 0 saturated heterocycles. The third-order valence-electron chi connectivity index (χ3n) is 4.11. The zero-order valence-corrected chi connectivity index (χ0v) is 14.5. The Morgan fingerprint density at radius 3 is 2.68 bits per heavy atom. The molecule has 0 amide bonds. The van der Waals surface area contributed by atoms with Gasteiger partial charge in [0, 0.05) is 17.0 Å². The van der Waals surface area contributed by atoms with Gasteiger partial charge < -0.3 is 14.9 Å². The summed E-state index contributed by atoms with van der Waals surface area (Å²) in [6.07, 6.45) is 0. The van der Waals surface area contributed by atoms with E-state index in [1.54, 1.807) is 0 Å².